The summed E-state index contributed by atoms with van der Waals surface area (Å²) < 4.78 is 7.06. The van der Waals surface area contributed by atoms with Crippen LogP contribution in [0.15, 0.2) is 36.7 Å². The van der Waals surface area contributed by atoms with E-state index in [4.69, 9.17) is 4.74 Å². The van der Waals surface area contributed by atoms with Crippen molar-refractivity contribution in [2.24, 2.45) is 7.05 Å². The van der Waals surface area contributed by atoms with Crippen LogP contribution in [0.4, 0.5) is 0 Å². The van der Waals surface area contributed by atoms with Gasteiger partial charge < -0.3 is 9.30 Å². The molecule has 0 fully saturated rings. The van der Waals surface area contributed by atoms with Crippen LogP contribution in [-0.2, 0) is 24.7 Å². The number of Topliss-reactive ketones (excluding diaryl/α,β-unsaturated/α-hetero) is 1. The lowest BCUT2D eigenvalue weighted by Crippen LogP contribution is -2.05. The Morgan fingerprint density at radius 2 is 1.90 bits per heavy atom. The molecule has 4 nitrogen and oxygen atoms in total. The van der Waals surface area contributed by atoms with E-state index in [9.17, 15) is 4.79 Å². The highest BCUT2D eigenvalue weighted by Gasteiger charge is 2.06. The number of benzene rings is 1. The van der Waals surface area contributed by atoms with Gasteiger partial charge in [0.05, 0.1) is 7.11 Å². The lowest BCUT2D eigenvalue weighted by atomic mass is 10.0. The standard InChI is InChI=1S/C16H20N2O2/c1-18-12-11-17-16(18)10-7-14(19)6-3-13-4-8-15(20-2)9-5-13/h4-5,8-9,11-12H,3,6-7,10H2,1-2H3. The number of hydrogen-bond donors (Lipinski definition) is 0. The molecule has 0 aliphatic carbocycles. The maximum Gasteiger partial charge on any atom is 0.133 e. The maximum atomic E-state index is 11.9. The van der Waals surface area contributed by atoms with Gasteiger partial charge in [0.1, 0.15) is 17.4 Å². The van der Waals surface area contributed by atoms with Crippen molar-refractivity contribution in [1.29, 1.82) is 0 Å². The van der Waals surface area contributed by atoms with Crippen molar-refractivity contribution in [1.82, 2.24) is 9.55 Å². The number of carbonyl (C=O) groups is 1. The van der Waals surface area contributed by atoms with Gasteiger partial charge in [-0.2, -0.15) is 0 Å². The third kappa shape index (κ3) is 3.95. The van der Waals surface area contributed by atoms with E-state index in [0.29, 0.717) is 19.3 Å². The number of nitrogens with zero attached hydrogens (tertiary/aromatic N) is 2. The SMILES string of the molecule is COc1ccc(CCC(=O)CCc2nccn2C)cc1. The third-order valence-corrected chi connectivity index (χ3v) is 3.40. The Kier molecular flexibility index (Phi) is 4.93. The Bertz CT molecular complexity index is 558. The fraction of sp³-hybridized carbons (Fsp3) is 0.375. The van der Waals surface area contributed by atoms with Crippen molar-refractivity contribution in [3.05, 3.63) is 48.0 Å². The lowest BCUT2D eigenvalue weighted by Gasteiger charge is -2.04. The summed E-state index contributed by atoms with van der Waals surface area (Å²) in [6, 6.07) is 7.86. The molecule has 0 aliphatic rings. The van der Waals surface area contributed by atoms with Crippen LogP contribution in [0.5, 0.6) is 5.75 Å². The van der Waals surface area contributed by atoms with Crippen LogP contribution in [0.25, 0.3) is 0 Å². The first kappa shape index (κ1) is 14.3. The topological polar surface area (TPSA) is 44.1 Å². The van der Waals surface area contributed by atoms with Gasteiger partial charge >= 0.3 is 0 Å². The van der Waals surface area contributed by atoms with Crippen molar-refractivity contribution in [3.63, 3.8) is 0 Å². The van der Waals surface area contributed by atoms with E-state index in [1.807, 2.05) is 42.1 Å². The van der Waals surface area contributed by atoms with E-state index >= 15 is 0 Å². The first-order chi connectivity index (χ1) is 9.69. The second-order valence-electron chi connectivity index (χ2n) is 4.84. The molecule has 0 unspecified atom stereocenters. The smallest absolute Gasteiger partial charge is 0.133 e. The minimum Gasteiger partial charge on any atom is -0.497 e. The number of aryl methyl sites for hydroxylation is 3. The molecule has 1 heterocycles. The summed E-state index contributed by atoms with van der Waals surface area (Å²) in [5.74, 6) is 2.08. The molecule has 0 amide bonds. The summed E-state index contributed by atoms with van der Waals surface area (Å²) in [5.41, 5.74) is 1.16. The van der Waals surface area contributed by atoms with Crippen LogP contribution in [0, 0.1) is 0 Å². The average Bonchev–Trinajstić information content (AvgIpc) is 2.89. The first-order valence-electron chi connectivity index (χ1n) is 6.80. The van der Waals surface area contributed by atoms with E-state index in [1.54, 1.807) is 13.3 Å². The number of aromatic nitrogens is 2. The van der Waals surface area contributed by atoms with Crippen LogP contribution in [0.1, 0.15) is 24.2 Å². The molecule has 0 radical (unpaired) electrons. The molecular weight excluding hydrogens is 252 g/mol. The van der Waals surface area contributed by atoms with E-state index in [1.165, 1.54) is 0 Å². The Labute approximate surface area is 119 Å². The average molecular weight is 272 g/mol. The highest BCUT2D eigenvalue weighted by Crippen LogP contribution is 2.13. The van der Waals surface area contributed by atoms with Gasteiger partial charge in [-0.1, -0.05) is 12.1 Å². The molecule has 0 aliphatic heterocycles. The van der Waals surface area contributed by atoms with Gasteiger partial charge in [0.15, 0.2) is 0 Å². The minimum atomic E-state index is 0.281. The number of methoxy groups -OCH3 is 1. The Hall–Kier alpha value is -2.10. The van der Waals surface area contributed by atoms with Gasteiger partial charge in [-0.3, -0.25) is 4.79 Å². The van der Waals surface area contributed by atoms with Gasteiger partial charge in [0.2, 0.25) is 0 Å². The highest BCUT2D eigenvalue weighted by atomic mass is 16.5. The maximum absolute atomic E-state index is 11.9. The largest absolute Gasteiger partial charge is 0.497 e. The van der Waals surface area contributed by atoms with Gasteiger partial charge in [-0.15, -0.1) is 0 Å². The normalized spacial score (nSPS) is 10.5. The Morgan fingerprint density at radius 1 is 1.20 bits per heavy atom. The fourth-order valence-electron chi connectivity index (χ4n) is 2.09. The number of ketones is 1. The molecule has 2 rings (SSSR count). The van der Waals surface area contributed by atoms with E-state index < -0.39 is 0 Å². The third-order valence-electron chi connectivity index (χ3n) is 3.40. The lowest BCUT2D eigenvalue weighted by molar-refractivity contribution is -0.119. The highest BCUT2D eigenvalue weighted by molar-refractivity contribution is 5.78. The monoisotopic (exact) mass is 272 g/mol. The van der Waals surface area contributed by atoms with Crippen LogP contribution < -0.4 is 4.74 Å². The molecule has 0 bridgehead atoms. The van der Waals surface area contributed by atoms with E-state index in [-0.39, 0.29) is 5.78 Å². The summed E-state index contributed by atoms with van der Waals surface area (Å²) in [6.45, 7) is 0. The molecule has 0 spiro atoms. The number of carbonyl (C=O) groups excluding carboxylic acids is 1. The van der Waals surface area contributed by atoms with Crippen molar-refractivity contribution in [2.45, 2.75) is 25.7 Å². The molecular formula is C16H20N2O2. The van der Waals surface area contributed by atoms with Crippen molar-refractivity contribution >= 4 is 5.78 Å². The summed E-state index contributed by atoms with van der Waals surface area (Å²) in [5, 5.41) is 0. The zero-order valence-electron chi connectivity index (χ0n) is 12.0. The van der Waals surface area contributed by atoms with Crippen LogP contribution in [-0.4, -0.2) is 22.4 Å². The quantitative estimate of drug-likeness (QED) is 0.778. The molecule has 0 saturated carbocycles. The summed E-state index contributed by atoms with van der Waals surface area (Å²) in [6.07, 6.45) is 6.29. The molecule has 0 N–H and O–H groups in total. The summed E-state index contributed by atoms with van der Waals surface area (Å²) in [7, 11) is 3.60. The Balaban J connectivity index is 1.75. The molecule has 20 heavy (non-hydrogen) atoms. The van der Waals surface area contributed by atoms with Crippen molar-refractivity contribution in [3.8, 4) is 5.75 Å². The fourth-order valence-corrected chi connectivity index (χ4v) is 2.09. The van der Waals surface area contributed by atoms with Gasteiger partial charge in [0.25, 0.3) is 0 Å². The predicted molar refractivity (Wildman–Crippen MR) is 77.9 cm³/mol. The molecule has 0 saturated heterocycles. The van der Waals surface area contributed by atoms with Crippen LogP contribution >= 0.6 is 0 Å². The number of hydrogen-bond acceptors (Lipinski definition) is 3. The summed E-state index contributed by atoms with van der Waals surface area (Å²) in [4.78, 5) is 16.1. The second-order valence-corrected chi connectivity index (χ2v) is 4.84. The minimum absolute atomic E-state index is 0.281. The van der Waals surface area contributed by atoms with Gasteiger partial charge in [0, 0.05) is 38.7 Å². The van der Waals surface area contributed by atoms with Crippen molar-refractivity contribution in [2.75, 3.05) is 7.11 Å². The molecule has 2 aromatic rings. The van der Waals surface area contributed by atoms with Crippen molar-refractivity contribution < 1.29 is 9.53 Å². The van der Waals surface area contributed by atoms with E-state index in [0.717, 1.165) is 23.6 Å². The number of ether oxygens (including phenoxy) is 1. The molecule has 0 atom stereocenters. The number of rotatable bonds is 7. The van der Waals surface area contributed by atoms with E-state index in [2.05, 4.69) is 4.98 Å². The van der Waals surface area contributed by atoms with Crippen LogP contribution in [0.2, 0.25) is 0 Å². The van der Waals surface area contributed by atoms with Gasteiger partial charge in [-0.25, -0.2) is 4.98 Å². The molecule has 1 aromatic heterocycles. The zero-order chi connectivity index (χ0) is 14.4. The Morgan fingerprint density at radius 3 is 2.50 bits per heavy atom. The molecule has 1 aromatic carbocycles. The first-order valence-corrected chi connectivity index (χ1v) is 6.80. The molecule has 106 valence electrons. The van der Waals surface area contributed by atoms with Crippen LogP contribution in [0.3, 0.4) is 0 Å². The molecule has 4 heteroatoms. The number of imidazole rings is 1. The predicted octanol–water partition coefficient (Wildman–Crippen LogP) is 2.56. The zero-order valence-corrected chi connectivity index (χ0v) is 12.0. The summed E-state index contributed by atoms with van der Waals surface area (Å²) >= 11 is 0. The van der Waals surface area contributed by atoms with Gasteiger partial charge in [-0.05, 0) is 24.1 Å². The second kappa shape index (κ2) is 6.89.